The number of hydrogen-bond acceptors (Lipinski definition) is 6. The van der Waals surface area contributed by atoms with E-state index < -0.39 is 21.5 Å². The molecule has 0 aliphatic carbocycles. The Morgan fingerprint density at radius 2 is 1.89 bits per heavy atom. The fourth-order valence-electron chi connectivity index (χ4n) is 7.73. The molecule has 2 aromatic carbocycles. The third kappa shape index (κ3) is 6.70. The molecule has 0 fully saturated rings. The van der Waals surface area contributed by atoms with E-state index in [0.29, 0.717) is 18.9 Å². The number of aliphatic carboxylic acids is 1. The van der Waals surface area contributed by atoms with Gasteiger partial charge in [0.25, 0.3) is 0 Å². The van der Waals surface area contributed by atoms with Gasteiger partial charge in [-0.2, -0.15) is 4.58 Å². The van der Waals surface area contributed by atoms with Crippen molar-refractivity contribution in [3.8, 4) is 5.75 Å². The van der Waals surface area contributed by atoms with Gasteiger partial charge in [-0.05, 0) is 93.7 Å². The van der Waals surface area contributed by atoms with Crippen LogP contribution in [0.4, 0.5) is 11.4 Å². The number of rotatable bonds is 11. The fraction of sp³-hybridized carbons (Fsp3) is 0.474. The van der Waals surface area contributed by atoms with Crippen molar-refractivity contribution in [2.24, 2.45) is 5.92 Å². The van der Waals surface area contributed by atoms with E-state index in [1.165, 1.54) is 28.9 Å². The van der Waals surface area contributed by atoms with Crippen LogP contribution in [0.3, 0.4) is 0 Å². The summed E-state index contributed by atoms with van der Waals surface area (Å²) < 4.78 is 44.7. The second-order valence-corrected chi connectivity index (χ2v) is 15.6. The van der Waals surface area contributed by atoms with E-state index in [2.05, 4.69) is 67.5 Å². The van der Waals surface area contributed by atoms with Crippen molar-refractivity contribution in [2.75, 3.05) is 24.5 Å². The minimum absolute atomic E-state index is 0.136. The van der Waals surface area contributed by atoms with E-state index >= 15 is 0 Å². The van der Waals surface area contributed by atoms with Crippen molar-refractivity contribution in [3.63, 3.8) is 0 Å². The summed E-state index contributed by atoms with van der Waals surface area (Å²) in [6, 6.07) is 6.97. The Labute approximate surface area is 278 Å². The van der Waals surface area contributed by atoms with Gasteiger partial charge in [-0.1, -0.05) is 26.0 Å². The van der Waals surface area contributed by atoms with Gasteiger partial charge in [0.05, 0.1) is 10.3 Å². The van der Waals surface area contributed by atoms with E-state index in [1.54, 1.807) is 6.07 Å². The highest BCUT2D eigenvalue weighted by Gasteiger charge is 2.44. The van der Waals surface area contributed by atoms with Crippen LogP contribution in [0.15, 0.2) is 59.2 Å². The fourth-order valence-corrected chi connectivity index (χ4v) is 8.23. The summed E-state index contributed by atoms with van der Waals surface area (Å²) in [4.78, 5) is 13.3. The maximum absolute atomic E-state index is 11.9. The van der Waals surface area contributed by atoms with Gasteiger partial charge in [-0.25, -0.2) is 8.42 Å². The number of nitrogens with zero attached hydrogens (tertiary/aromatic N) is 2. The largest absolute Gasteiger partial charge is 0.744 e. The van der Waals surface area contributed by atoms with Gasteiger partial charge in [-0.3, -0.25) is 4.79 Å². The Balaban J connectivity index is 1.40. The van der Waals surface area contributed by atoms with Gasteiger partial charge < -0.3 is 19.3 Å². The Morgan fingerprint density at radius 3 is 2.62 bits per heavy atom. The number of carboxylic acids is 1. The minimum Gasteiger partial charge on any atom is -0.744 e. The molecule has 8 nitrogen and oxygen atoms in total. The van der Waals surface area contributed by atoms with Crippen LogP contribution in [0.5, 0.6) is 5.75 Å². The molecule has 0 saturated heterocycles. The number of hydrogen-bond donors (Lipinski definition) is 1. The molecule has 2 aromatic rings. The predicted molar refractivity (Wildman–Crippen MR) is 184 cm³/mol. The third-order valence-electron chi connectivity index (χ3n) is 9.90. The molecule has 4 aliphatic rings. The number of fused-ring (bicyclic) bond motifs is 3. The number of unbranched alkanes of at least 4 members (excludes halogenated alkanes) is 2. The van der Waals surface area contributed by atoms with Gasteiger partial charge in [0.15, 0.2) is 5.71 Å². The summed E-state index contributed by atoms with van der Waals surface area (Å²) in [5, 5.41) is 9.07. The van der Waals surface area contributed by atoms with Crippen molar-refractivity contribution in [3.05, 3.63) is 76.6 Å². The zero-order valence-electron chi connectivity index (χ0n) is 28.0. The Hall–Kier alpha value is -3.69. The van der Waals surface area contributed by atoms with Crippen LogP contribution in [0.2, 0.25) is 0 Å². The second kappa shape index (κ2) is 13.1. The molecule has 0 atom stereocenters. The molecular formula is C38H46N2O6S. The van der Waals surface area contributed by atoms with Gasteiger partial charge >= 0.3 is 5.97 Å². The lowest BCUT2D eigenvalue weighted by atomic mass is 9.81. The van der Waals surface area contributed by atoms with Crippen molar-refractivity contribution < 1.29 is 32.2 Å². The first-order chi connectivity index (χ1) is 22.3. The summed E-state index contributed by atoms with van der Waals surface area (Å²) in [5.41, 5.74) is 8.49. The van der Waals surface area contributed by atoms with Gasteiger partial charge in [0, 0.05) is 66.9 Å². The lowest BCUT2D eigenvalue weighted by Gasteiger charge is -2.39. The maximum Gasteiger partial charge on any atom is 0.303 e. The van der Waals surface area contributed by atoms with E-state index in [9.17, 15) is 17.8 Å². The summed E-state index contributed by atoms with van der Waals surface area (Å²) in [6.45, 7) is 11.4. The molecule has 6 rings (SSSR count). The number of ether oxygens (including phenoxy) is 1. The zero-order chi connectivity index (χ0) is 33.5. The first kappa shape index (κ1) is 33.2. The van der Waals surface area contributed by atoms with E-state index in [-0.39, 0.29) is 11.3 Å². The van der Waals surface area contributed by atoms with Crippen LogP contribution in [0.1, 0.15) is 94.9 Å². The summed E-state index contributed by atoms with van der Waals surface area (Å²) in [7, 11) is -4.61. The Bertz CT molecular complexity index is 1830. The number of allylic oxidation sites excluding steroid dienone is 6. The Kier molecular flexibility index (Phi) is 9.24. The van der Waals surface area contributed by atoms with Crippen LogP contribution in [-0.2, 0) is 33.2 Å². The molecule has 4 aliphatic heterocycles. The molecule has 0 spiro atoms. The molecule has 250 valence electrons. The second-order valence-electron chi connectivity index (χ2n) is 14.2. The molecular weight excluding hydrogens is 612 g/mol. The van der Waals surface area contributed by atoms with Crippen LogP contribution < -0.4 is 9.64 Å². The number of aryl methyl sites for hydroxylation is 1. The average molecular weight is 659 g/mol. The van der Waals surface area contributed by atoms with Gasteiger partial charge in [0.1, 0.15) is 28.2 Å². The molecule has 1 N–H and O–H groups in total. The van der Waals surface area contributed by atoms with Gasteiger partial charge in [-0.15, -0.1) is 0 Å². The predicted octanol–water partition coefficient (Wildman–Crippen LogP) is 7.27. The first-order valence-corrected chi connectivity index (χ1v) is 18.4. The van der Waals surface area contributed by atoms with Crippen molar-refractivity contribution in [1.29, 1.82) is 0 Å². The van der Waals surface area contributed by atoms with Crippen molar-refractivity contribution in [2.45, 2.75) is 95.8 Å². The standard InChI is InChI=1S/C38H46N2O6S/c1-25(2)21-28-22-26(31-23-27-12-9-18-39-19-10-13-30(36(27)39)37(31)46-28)11-8-14-34-38(3,4)32-24-29(47(43,44)45)16-17-33(32)40(34)20-7-5-6-15-35(41)42/h8,11,14,16-17,22-25H,5-7,9-10,12-13,15,18-21H2,1-4H3,(H-,41,42,43,44,45). The molecule has 0 bridgehead atoms. The topological polar surface area (TPSA) is 110 Å². The SMILES string of the molecule is CC(C)CC1=C/C(=C\C=C\C2=[N+](CCCCCC(=O)O)c3ccc(S(=O)(=O)[O-])cc3C2(C)C)c2cc3c4c(c2O1)CCCN4CCC3. The third-order valence-corrected chi connectivity index (χ3v) is 10.7. The number of carbonyl (C=O) groups is 1. The van der Waals surface area contributed by atoms with Crippen LogP contribution in [-0.4, -0.2) is 54.0 Å². The Morgan fingerprint density at radius 1 is 1.13 bits per heavy atom. The molecule has 0 amide bonds. The monoisotopic (exact) mass is 658 g/mol. The van der Waals surface area contributed by atoms with E-state index in [4.69, 9.17) is 9.84 Å². The highest BCUT2D eigenvalue weighted by molar-refractivity contribution is 7.85. The van der Waals surface area contributed by atoms with Crippen molar-refractivity contribution >= 4 is 38.7 Å². The van der Waals surface area contributed by atoms with Crippen LogP contribution >= 0.6 is 0 Å². The van der Waals surface area contributed by atoms with Gasteiger partial charge in [0.2, 0.25) is 5.69 Å². The molecule has 0 aromatic heterocycles. The lowest BCUT2D eigenvalue weighted by molar-refractivity contribution is -0.438. The molecule has 47 heavy (non-hydrogen) atoms. The van der Waals surface area contributed by atoms with Crippen LogP contribution in [0.25, 0.3) is 5.57 Å². The zero-order valence-corrected chi connectivity index (χ0v) is 28.8. The first-order valence-electron chi connectivity index (χ1n) is 17.0. The van der Waals surface area contributed by atoms with E-state index in [0.717, 1.165) is 97.6 Å². The normalized spacial score (nSPS) is 19.1. The lowest BCUT2D eigenvalue weighted by Crippen LogP contribution is -2.35. The average Bonchev–Trinajstić information content (AvgIpc) is 3.21. The van der Waals surface area contributed by atoms with E-state index in [1.807, 2.05) is 0 Å². The molecule has 0 saturated carbocycles. The number of anilines is 1. The summed E-state index contributed by atoms with van der Waals surface area (Å²) in [5.74, 6) is 1.63. The number of benzene rings is 2. The molecule has 4 heterocycles. The minimum atomic E-state index is -4.61. The highest BCUT2D eigenvalue weighted by atomic mass is 32.2. The highest BCUT2D eigenvalue weighted by Crippen LogP contribution is 2.48. The summed E-state index contributed by atoms with van der Waals surface area (Å²) >= 11 is 0. The quantitative estimate of drug-likeness (QED) is 0.154. The number of carboxylic acid groups (broad SMARTS) is 1. The van der Waals surface area contributed by atoms with Crippen molar-refractivity contribution in [1.82, 2.24) is 0 Å². The maximum atomic E-state index is 11.9. The summed E-state index contributed by atoms with van der Waals surface area (Å²) in [6.07, 6.45) is 16.0. The van der Waals surface area contributed by atoms with Crippen LogP contribution in [0, 0.1) is 5.92 Å². The molecule has 0 radical (unpaired) electrons. The molecule has 0 unspecified atom stereocenters. The smallest absolute Gasteiger partial charge is 0.303 e. The molecule has 9 heteroatoms.